The molecule has 1 saturated heterocycles. The average molecular weight is 601 g/mol. The van der Waals surface area contributed by atoms with Crippen molar-refractivity contribution in [1.29, 1.82) is 0 Å². The number of benzene rings is 1. The number of ether oxygens (including phenoxy) is 2. The summed E-state index contributed by atoms with van der Waals surface area (Å²) in [5.74, 6) is 5.37. The van der Waals surface area contributed by atoms with Crippen LogP contribution in [-0.4, -0.2) is 56.6 Å². The van der Waals surface area contributed by atoms with Gasteiger partial charge >= 0.3 is 0 Å². The Hall–Kier alpha value is -2.11. The van der Waals surface area contributed by atoms with Gasteiger partial charge in [-0.05, 0) is 130 Å². The van der Waals surface area contributed by atoms with E-state index in [1.54, 1.807) is 0 Å². The van der Waals surface area contributed by atoms with Crippen LogP contribution in [0.1, 0.15) is 103 Å². The third-order valence-corrected chi connectivity index (χ3v) is 13.6. The number of hydrogen-bond acceptors (Lipinski definition) is 5. The second-order valence-electron chi connectivity index (χ2n) is 15.9. The summed E-state index contributed by atoms with van der Waals surface area (Å²) >= 11 is 0. The Morgan fingerprint density at radius 1 is 0.955 bits per heavy atom. The highest BCUT2D eigenvalue weighted by atomic mass is 16.5. The van der Waals surface area contributed by atoms with E-state index < -0.39 is 0 Å². The highest BCUT2D eigenvalue weighted by molar-refractivity contribution is 5.79. The lowest BCUT2D eigenvalue weighted by Gasteiger charge is -2.60. The van der Waals surface area contributed by atoms with Crippen LogP contribution in [0.25, 0.3) is 5.57 Å². The van der Waals surface area contributed by atoms with E-state index in [4.69, 9.17) is 9.47 Å². The number of unbranched alkanes of at least 4 members (excludes halogenated alkanes) is 2. The van der Waals surface area contributed by atoms with Crippen molar-refractivity contribution >= 4 is 17.0 Å². The number of rotatable bonds is 8. The highest BCUT2D eigenvalue weighted by Gasteiger charge is 2.60. The Morgan fingerprint density at radius 2 is 1.77 bits per heavy atom. The number of likely N-dealkylation sites (N-methyl/N-ethyl adjacent to an activating group) is 1. The molecule has 5 nitrogen and oxygen atoms in total. The fourth-order valence-corrected chi connectivity index (χ4v) is 10.9. The van der Waals surface area contributed by atoms with E-state index in [0.29, 0.717) is 28.6 Å². The van der Waals surface area contributed by atoms with E-state index in [1.165, 1.54) is 68.2 Å². The molecule has 4 saturated carbocycles. The molecule has 0 unspecified atom stereocenters. The van der Waals surface area contributed by atoms with E-state index in [0.717, 1.165) is 94.2 Å². The third kappa shape index (κ3) is 5.59. The van der Waals surface area contributed by atoms with Crippen LogP contribution in [-0.2, 0) is 9.53 Å². The molecule has 6 aliphatic rings. The Balaban J connectivity index is 0.886. The van der Waals surface area contributed by atoms with Crippen molar-refractivity contribution in [3.8, 4) is 5.75 Å². The van der Waals surface area contributed by atoms with E-state index >= 15 is 0 Å². The van der Waals surface area contributed by atoms with Gasteiger partial charge in [0.05, 0.1) is 6.10 Å². The van der Waals surface area contributed by atoms with Gasteiger partial charge in [-0.1, -0.05) is 26.8 Å². The molecule has 0 radical (unpaired) electrons. The first-order valence-electron chi connectivity index (χ1n) is 18.0. The van der Waals surface area contributed by atoms with Crippen molar-refractivity contribution in [2.45, 2.75) is 103 Å². The molecule has 0 N–H and O–H groups in total. The second kappa shape index (κ2) is 12.2. The fourth-order valence-electron chi connectivity index (χ4n) is 10.9. The SMILES string of the molecule is C=C1C=C(CCCCCO[C@H]2CC[C@H]3[C@@H]4CC[C@H]5CC(=O)CC[C@]5(C)[C@H]4CC[C@]23C)c2ccc(N3CCN(C)CC3)cc2O1. The zero-order valence-electron chi connectivity index (χ0n) is 27.8. The van der Waals surface area contributed by atoms with Crippen LogP contribution in [0.3, 0.4) is 0 Å². The van der Waals surface area contributed by atoms with Crippen LogP contribution in [0.2, 0.25) is 0 Å². The molecular weight excluding hydrogens is 544 g/mol. The van der Waals surface area contributed by atoms with E-state index in [-0.39, 0.29) is 0 Å². The molecule has 2 aliphatic heterocycles. The molecule has 0 spiro atoms. The van der Waals surface area contributed by atoms with Gasteiger partial charge in [0.1, 0.15) is 17.3 Å². The normalized spacial score (nSPS) is 37.0. The topological polar surface area (TPSA) is 42.0 Å². The van der Waals surface area contributed by atoms with Crippen molar-refractivity contribution < 1.29 is 14.3 Å². The van der Waals surface area contributed by atoms with Gasteiger partial charge in [-0.15, -0.1) is 0 Å². The monoisotopic (exact) mass is 600 g/mol. The minimum absolute atomic E-state index is 0.342. The van der Waals surface area contributed by atoms with Crippen molar-refractivity contribution in [1.82, 2.24) is 4.90 Å². The number of ketones is 1. The van der Waals surface area contributed by atoms with Crippen LogP contribution < -0.4 is 9.64 Å². The summed E-state index contributed by atoms with van der Waals surface area (Å²) in [6.07, 6.45) is 17.8. The molecule has 7 rings (SSSR count). The maximum absolute atomic E-state index is 12.2. The van der Waals surface area contributed by atoms with Gasteiger partial charge in [0.25, 0.3) is 0 Å². The van der Waals surface area contributed by atoms with Gasteiger partial charge in [-0.3, -0.25) is 4.79 Å². The number of fused-ring (bicyclic) bond motifs is 6. The first-order valence-corrected chi connectivity index (χ1v) is 18.0. The average Bonchev–Trinajstić information content (AvgIpc) is 3.35. The van der Waals surface area contributed by atoms with Crippen LogP contribution in [0.15, 0.2) is 36.6 Å². The molecule has 0 amide bonds. The lowest BCUT2D eigenvalue weighted by molar-refractivity contribution is -0.145. The number of carbonyl (C=O) groups excluding carboxylic acids is 1. The highest BCUT2D eigenvalue weighted by Crippen LogP contribution is 2.66. The molecule has 1 aromatic rings. The van der Waals surface area contributed by atoms with Gasteiger partial charge in [0.15, 0.2) is 0 Å². The van der Waals surface area contributed by atoms with Crippen LogP contribution >= 0.6 is 0 Å². The predicted molar refractivity (Wildman–Crippen MR) is 179 cm³/mol. The minimum atomic E-state index is 0.342. The summed E-state index contributed by atoms with van der Waals surface area (Å²) < 4.78 is 12.8. The number of carbonyl (C=O) groups is 1. The maximum atomic E-state index is 12.2. The van der Waals surface area contributed by atoms with Gasteiger partial charge in [-0.25, -0.2) is 0 Å². The number of piperazine rings is 1. The summed E-state index contributed by atoms with van der Waals surface area (Å²) in [5, 5.41) is 0. The molecule has 2 heterocycles. The molecule has 5 fully saturated rings. The van der Waals surface area contributed by atoms with Gasteiger partial charge < -0.3 is 19.3 Å². The number of anilines is 1. The predicted octanol–water partition coefficient (Wildman–Crippen LogP) is 8.29. The molecule has 5 heteroatoms. The number of hydrogen-bond donors (Lipinski definition) is 0. The molecule has 0 aromatic heterocycles. The van der Waals surface area contributed by atoms with Crippen LogP contribution in [0.5, 0.6) is 5.75 Å². The zero-order valence-corrected chi connectivity index (χ0v) is 27.8. The molecule has 0 bridgehead atoms. The lowest BCUT2D eigenvalue weighted by atomic mass is 9.45. The summed E-state index contributed by atoms with van der Waals surface area (Å²) in [6, 6.07) is 6.75. The summed E-state index contributed by atoms with van der Waals surface area (Å²) in [6.45, 7) is 14.5. The smallest absolute Gasteiger partial charge is 0.136 e. The second-order valence-corrected chi connectivity index (χ2v) is 15.9. The summed E-state index contributed by atoms with van der Waals surface area (Å²) in [7, 11) is 2.20. The molecule has 240 valence electrons. The number of Topliss-reactive ketones (excluding diaryl/α,β-unsaturated/α-hetero) is 1. The molecular formula is C39H56N2O3. The molecule has 1 aromatic carbocycles. The summed E-state index contributed by atoms with van der Waals surface area (Å²) in [5.41, 5.74) is 4.59. The lowest BCUT2D eigenvalue weighted by Crippen LogP contribution is -2.54. The van der Waals surface area contributed by atoms with Gasteiger partial charge in [-0.2, -0.15) is 0 Å². The van der Waals surface area contributed by atoms with E-state index in [9.17, 15) is 4.79 Å². The van der Waals surface area contributed by atoms with E-state index in [2.05, 4.69) is 61.5 Å². The fraction of sp³-hybridized carbons (Fsp3) is 0.718. The largest absolute Gasteiger partial charge is 0.457 e. The zero-order chi connectivity index (χ0) is 30.5. The van der Waals surface area contributed by atoms with Crippen LogP contribution in [0.4, 0.5) is 5.69 Å². The first kappa shape index (κ1) is 30.5. The maximum Gasteiger partial charge on any atom is 0.136 e. The Bertz CT molecular complexity index is 1280. The Morgan fingerprint density at radius 3 is 2.61 bits per heavy atom. The Kier molecular flexibility index (Phi) is 8.50. The minimum Gasteiger partial charge on any atom is -0.457 e. The molecule has 4 aliphatic carbocycles. The van der Waals surface area contributed by atoms with Crippen LogP contribution in [0, 0.1) is 34.5 Å². The Labute approximate surface area is 266 Å². The van der Waals surface area contributed by atoms with Crippen molar-refractivity contribution in [2.24, 2.45) is 34.5 Å². The molecule has 44 heavy (non-hydrogen) atoms. The summed E-state index contributed by atoms with van der Waals surface area (Å²) in [4.78, 5) is 17.1. The van der Waals surface area contributed by atoms with Gasteiger partial charge in [0.2, 0.25) is 0 Å². The van der Waals surface area contributed by atoms with E-state index in [1.807, 2.05) is 0 Å². The number of allylic oxidation sites excluding steroid dienone is 2. The standard InChI is InChI=1S/C39H56N2O3/c1-27-24-28(32-12-10-30(26-36(32)44-27)41-21-19-40(4)20-22-41)8-6-5-7-23-43-37-14-13-34-33-11-9-29-25-31(42)15-17-38(29,2)35(33)16-18-39(34,37)3/h10,12,24,26,29,33-35,37H,1,5-9,11,13-23,25H2,2-4H3/t29-,33-,34-,35-,37-,38-,39-/m0/s1. The van der Waals surface area contributed by atoms with Crippen molar-refractivity contribution in [2.75, 3.05) is 44.7 Å². The number of nitrogens with zero attached hydrogens (tertiary/aromatic N) is 2. The van der Waals surface area contributed by atoms with Gasteiger partial charge in [0, 0.05) is 62.9 Å². The van der Waals surface area contributed by atoms with Crippen molar-refractivity contribution in [3.63, 3.8) is 0 Å². The quantitative estimate of drug-likeness (QED) is 0.281. The van der Waals surface area contributed by atoms with Crippen molar-refractivity contribution in [3.05, 3.63) is 42.2 Å². The first-order chi connectivity index (χ1) is 21.2. The third-order valence-electron chi connectivity index (χ3n) is 13.6. The molecule has 7 atom stereocenters.